The zero-order valence-electron chi connectivity index (χ0n) is 17.8. The van der Waals surface area contributed by atoms with Crippen LogP contribution in [-0.4, -0.2) is 32.3 Å². The number of hydrogen-bond acceptors (Lipinski definition) is 5. The molecule has 9 heteroatoms. The Morgan fingerprint density at radius 3 is 2.35 bits per heavy atom. The molecular weight excluding hydrogens is 417 g/mol. The monoisotopic (exact) mass is 441 g/mol. The van der Waals surface area contributed by atoms with Crippen LogP contribution in [0.5, 0.6) is 0 Å². The summed E-state index contributed by atoms with van der Waals surface area (Å²) in [6.07, 6.45) is 0.0616. The standard InChI is InChI=1S/C22H24FN5O2S/c1-13-5-6-14(2)17(9-13)24-20(29)11-19-26-27-22(28(19)4)31-12-21(30)25-18-10-16(23)8-7-15(18)3/h5-10H,11-12H2,1-4H3,(H,24,29)(H,25,30). The van der Waals surface area contributed by atoms with Gasteiger partial charge in [0, 0.05) is 18.4 Å². The number of aryl methyl sites for hydroxylation is 3. The molecule has 0 fully saturated rings. The van der Waals surface area contributed by atoms with Crippen LogP contribution in [0.15, 0.2) is 41.6 Å². The Kier molecular flexibility index (Phi) is 7.06. The van der Waals surface area contributed by atoms with E-state index in [1.54, 1.807) is 24.6 Å². The van der Waals surface area contributed by atoms with E-state index >= 15 is 0 Å². The van der Waals surface area contributed by atoms with Crippen LogP contribution in [0.4, 0.5) is 15.8 Å². The molecule has 162 valence electrons. The first-order valence-electron chi connectivity index (χ1n) is 9.67. The van der Waals surface area contributed by atoms with Gasteiger partial charge in [-0.2, -0.15) is 0 Å². The van der Waals surface area contributed by atoms with Crippen molar-refractivity contribution < 1.29 is 14.0 Å². The Bertz CT molecular complexity index is 1130. The Labute approximate surface area is 184 Å². The van der Waals surface area contributed by atoms with E-state index in [0.29, 0.717) is 16.7 Å². The normalized spacial score (nSPS) is 10.7. The predicted molar refractivity (Wildman–Crippen MR) is 120 cm³/mol. The average Bonchev–Trinajstić information content (AvgIpc) is 3.05. The van der Waals surface area contributed by atoms with Gasteiger partial charge >= 0.3 is 0 Å². The number of nitrogens with one attached hydrogen (secondary N) is 2. The van der Waals surface area contributed by atoms with Crippen LogP contribution < -0.4 is 10.6 Å². The minimum Gasteiger partial charge on any atom is -0.325 e. The molecule has 3 rings (SSSR count). The highest BCUT2D eigenvalue weighted by molar-refractivity contribution is 7.99. The van der Waals surface area contributed by atoms with Crippen LogP contribution in [0.25, 0.3) is 0 Å². The Balaban J connectivity index is 1.57. The van der Waals surface area contributed by atoms with E-state index in [1.165, 1.54) is 23.9 Å². The van der Waals surface area contributed by atoms with E-state index in [4.69, 9.17) is 0 Å². The van der Waals surface area contributed by atoms with Gasteiger partial charge in [-0.05, 0) is 55.7 Å². The van der Waals surface area contributed by atoms with Crippen LogP contribution in [0, 0.1) is 26.6 Å². The largest absolute Gasteiger partial charge is 0.325 e. The van der Waals surface area contributed by atoms with Crippen molar-refractivity contribution in [3.8, 4) is 0 Å². The molecule has 0 spiro atoms. The Morgan fingerprint density at radius 2 is 1.61 bits per heavy atom. The molecule has 0 aliphatic rings. The second kappa shape index (κ2) is 9.74. The molecule has 2 amide bonds. The third-order valence-corrected chi connectivity index (χ3v) is 5.74. The van der Waals surface area contributed by atoms with Gasteiger partial charge in [0.15, 0.2) is 5.16 Å². The lowest BCUT2D eigenvalue weighted by Crippen LogP contribution is -2.18. The maximum absolute atomic E-state index is 13.4. The summed E-state index contributed by atoms with van der Waals surface area (Å²) >= 11 is 1.19. The summed E-state index contributed by atoms with van der Waals surface area (Å²) in [5.41, 5.74) is 4.02. The number of anilines is 2. The lowest BCUT2D eigenvalue weighted by molar-refractivity contribution is -0.116. The van der Waals surface area contributed by atoms with Crippen LogP contribution in [-0.2, 0) is 23.1 Å². The summed E-state index contributed by atoms with van der Waals surface area (Å²) < 4.78 is 15.1. The van der Waals surface area contributed by atoms with Gasteiger partial charge in [-0.25, -0.2) is 4.39 Å². The number of halogens is 1. The van der Waals surface area contributed by atoms with Crippen molar-refractivity contribution in [2.75, 3.05) is 16.4 Å². The second-order valence-corrected chi connectivity index (χ2v) is 8.24. The van der Waals surface area contributed by atoms with Crippen molar-refractivity contribution in [2.45, 2.75) is 32.3 Å². The van der Waals surface area contributed by atoms with Gasteiger partial charge in [0.1, 0.15) is 11.6 Å². The van der Waals surface area contributed by atoms with E-state index in [-0.39, 0.29) is 24.0 Å². The summed E-state index contributed by atoms with van der Waals surface area (Å²) in [5.74, 6) is -0.315. The first-order valence-corrected chi connectivity index (χ1v) is 10.7. The van der Waals surface area contributed by atoms with Crippen molar-refractivity contribution in [3.63, 3.8) is 0 Å². The van der Waals surface area contributed by atoms with Crippen LogP contribution in [0.2, 0.25) is 0 Å². The first kappa shape index (κ1) is 22.5. The fourth-order valence-corrected chi connectivity index (χ4v) is 3.61. The fraction of sp³-hybridized carbons (Fsp3) is 0.273. The third-order valence-electron chi connectivity index (χ3n) is 4.72. The molecule has 0 unspecified atom stereocenters. The summed E-state index contributed by atoms with van der Waals surface area (Å²) in [7, 11) is 1.75. The molecule has 0 saturated carbocycles. The van der Waals surface area contributed by atoms with E-state index in [0.717, 1.165) is 22.4 Å². The molecule has 3 aromatic rings. The van der Waals surface area contributed by atoms with Crippen molar-refractivity contribution in [2.24, 2.45) is 7.05 Å². The number of benzene rings is 2. The summed E-state index contributed by atoms with van der Waals surface area (Å²) in [5, 5.41) is 14.3. The predicted octanol–water partition coefficient (Wildman–Crippen LogP) is 3.79. The highest BCUT2D eigenvalue weighted by Gasteiger charge is 2.15. The van der Waals surface area contributed by atoms with Crippen molar-refractivity contribution in [1.82, 2.24) is 14.8 Å². The van der Waals surface area contributed by atoms with E-state index < -0.39 is 5.82 Å². The maximum atomic E-state index is 13.4. The van der Waals surface area contributed by atoms with Crippen LogP contribution in [0.3, 0.4) is 0 Å². The molecule has 2 N–H and O–H groups in total. The van der Waals surface area contributed by atoms with Crippen molar-refractivity contribution in [3.05, 3.63) is 64.7 Å². The molecule has 2 aromatic carbocycles. The quantitative estimate of drug-likeness (QED) is 0.545. The molecule has 0 radical (unpaired) electrons. The summed E-state index contributed by atoms with van der Waals surface area (Å²) in [6.45, 7) is 5.69. The van der Waals surface area contributed by atoms with Crippen LogP contribution in [0.1, 0.15) is 22.5 Å². The molecule has 0 aliphatic carbocycles. The smallest absolute Gasteiger partial charge is 0.234 e. The van der Waals surface area contributed by atoms with Crippen LogP contribution >= 0.6 is 11.8 Å². The van der Waals surface area contributed by atoms with Gasteiger partial charge in [-0.1, -0.05) is 30.0 Å². The fourth-order valence-electron chi connectivity index (χ4n) is 2.88. The third kappa shape index (κ3) is 5.91. The van der Waals surface area contributed by atoms with Gasteiger partial charge in [-0.3, -0.25) is 9.59 Å². The van der Waals surface area contributed by atoms with E-state index in [9.17, 15) is 14.0 Å². The number of rotatable bonds is 7. The van der Waals surface area contributed by atoms with Crippen molar-refractivity contribution in [1.29, 1.82) is 0 Å². The van der Waals surface area contributed by atoms with Gasteiger partial charge in [0.2, 0.25) is 11.8 Å². The second-order valence-electron chi connectivity index (χ2n) is 7.30. The molecule has 0 aliphatic heterocycles. The number of aromatic nitrogens is 3. The summed E-state index contributed by atoms with van der Waals surface area (Å²) in [4.78, 5) is 24.7. The highest BCUT2D eigenvalue weighted by Crippen LogP contribution is 2.20. The SMILES string of the molecule is Cc1ccc(C)c(NC(=O)Cc2nnc(SCC(=O)Nc3cc(F)ccc3C)n2C)c1. The maximum Gasteiger partial charge on any atom is 0.234 e. The van der Waals surface area contributed by atoms with Gasteiger partial charge in [0.05, 0.1) is 12.2 Å². The molecule has 1 aromatic heterocycles. The number of hydrogen-bond donors (Lipinski definition) is 2. The van der Waals surface area contributed by atoms with Gasteiger partial charge < -0.3 is 15.2 Å². The molecule has 0 bridgehead atoms. The number of carbonyl (C=O) groups is 2. The first-order chi connectivity index (χ1) is 14.7. The van der Waals surface area contributed by atoms with Gasteiger partial charge in [0.25, 0.3) is 0 Å². The molecule has 31 heavy (non-hydrogen) atoms. The lowest BCUT2D eigenvalue weighted by atomic mass is 10.1. The zero-order valence-corrected chi connectivity index (χ0v) is 18.6. The Hall–Kier alpha value is -3.20. The molecular formula is C22H24FN5O2S. The molecule has 0 saturated heterocycles. The average molecular weight is 442 g/mol. The van der Waals surface area contributed by atoms with Crippen molar-refractivity contribution >= 4 is 35.0 Å². The molecule has 1 heterocycles. The molecule has 7 nitrogen and oxygen atoms in total. The van der Waals surface area contributed by atoms with Gasteiger partial charge in [-0.15, -0.1) is 10.2 Å². The highest BCUT2D eigenvalue weighted by atomic mass is 32.2. The number of amides is 2. The zero-order chi connectivity index (χ0) is 22.5. The van der Waals surface area contributed by atoms with E-state index in [1.807, 2.05) is 32.0 Å². The minimum atomic E-state index is -0.411. The number of carbonyl (C=O) groups excluding carboxylic acids is 2. The number of thioether (sulfide) groups is 1. The van der Waals surface area contributed by atoms with E-state index in [2.05, 4.69) is 20.8 Å². The number of nitrogens with zero attached hydrogens (tertiary/aromatic N) is 3. The lowest BCUT2D eigenvalue weighted by Gasteiger charge is -2.10. The minimum absolute atomic E-state index is 0.0616. The topological polar surface area (TPSA) is 88.9 Å². The summed E-state index contributed by atoms with van der Waals surface area (Å²) in [6, 6.07) is 10.1. The molecule has 0 atom stereocenters. The Morgan fingerprint density at radius 1 is 0.968 bits per heavy atom.